The van der Waals surface area contributed by atoms with Gasteiger partial charge < -0.3 is 5.32 Å². The summed E-state index contributed by atoms with van der Waals surface area (Å²) in [6.45, 7) is 9.87. The quantitative estimate of drug-likeness (QED) is 0.762. The maximum atomic E-state index is 11.5. The number of nitrogens with zero attached hydrogens (tertiary/aromatic N) is 1. The Morgan fingerprint density at radius 1 is 1.44 bits per heavy atom. The molecule has 4 nitrogen and oxygen atoms in total. The first-order valence-corrected chi connectivity index (χ1v) is 5.75. The van der Waals surface area contributed by atoms with E-state index in [1.165, 1.54) is 0 Å². The van der Waals surface area contributed by atoms with E-state index in [9.17, 15) is 4.79 Å². The van der Waals surface area contributed by atoms with Crippen molar-refractivity contribution in [3.63, 3.8) is 0 Å². The van der Waals surface area contributed by atoms with Gasteiger partial charge in [0.2, 0.25) is 0 Å². The topological polar surface area (TPSA) is 57.8 Å². The third-order valence-electron chi connectivity index (χ3n) is 2.39. The highest BCUT2D eigenvalue weighted by atomic mass is 16.1. The van der Waals surface area contributed by atoms with Crippen molar-refractivity contribution in [3.8, 4) is 0 Å². The number of rotatable bonds is 4. The Kier molecular flexibility index (Phi) is 4.24. The van der Waals surface area contributed by atoms with E-state index < -0.39 is 0 Å². The smallest absolute Gasteiger partial charge is 0.268 e. The molecule has 0 aromatic carbocycles. The lowest BCUT2D eigenvalue weighted by molar-refractivity contribution is 0.552. The molecule has 0 fully saturated rings. The number of aromatic nitrogens is 2. The number of H-pyrrole nitrogens is 1. The van der Waals surface area contributed by atoms with Crippen LogP contribution in [0.3, 0.4) is 0 Å². The fourth-order valence-corrected chi connectivity index (χ4v) is 1.36. The van der Waals surface area contributed by atoms with Crippen molar-refractivity contribution in [2.75, 3.05) is 6.54 Å². The maximum Gasteiger partial charge on any atom is 0.268 e. The standard InChI is InChI=1S/C12H21N3O/c1-5-6-13-8-9-7-10(12(2,3)4)14-15-11(9)16/h7,13H,5-6,8H2,1-4H3,(H,15,16). The van der Waals surface area contributed by atoms with Crippen molar-refractivity contribution < 1.29 is 0 Å². The molecule has 0 bridgehead atoms. The van der Waals surface area contributed by atoms with Crippen LogP contribution >= 0.6 is 0 Å². The van der Waals surface area contributed by atoms with E-state index in [0.717, 1.165) is 24.2 Å². The van der Waals surface area contributed by atoms with Crippen molar-refractivity contribution in [3.05, 3.63) is 27.7 Å². The summed E-state index contributed by atoms with van der Waals surface area (Å²) in [5.41, 5.74) is 1.54. The van der Waals surface area contributed by atoms with Crippen LogP contribution in [0.25, 0.3) is 0 Å². The molecule has 1 aromatic heterocycles. The SMILES string of the molecule is CCCNCc1cc(C(C)(C)C)n[nH]c1=O. The first-order chi connectivity index (χ1) is 7.45. The van der Waals surface area contributed by atoms with Crippen LogP contribution in [0.2, 0.25) is 0 Å². The number of nitrogens with one attached hydrogen (secondary N) is 2. The van der Waals surface area contributed by atoms with Crippen molar-refractivity contribution >= 4 is 0 Å². The van der Waals surface area contributed by atoms with E-state index >= 15 is 0 Å². The Morgan fingerprint density at radius 2 is 2.12 bits per heavy atom. The fraction of sp³-hybridized carbons (Fsp3) is 0.667. The predicted molar refractivity (Wildman–Crippen MR) is 65.6 cm³/mol. The molecule has 0 saturated heterocycles. The molecule has 1 aromatic rings. The lowest BCUT2D eigenvalue weighted by Crippen LogP contribution is -2.25. The lowest BCUT2D eigenvalue weighted by atomic mass is 9.91. The van der Waals surface area contributed by atoms with Crippen molar-refractivity contribution in [1.82, 2.24) is 15.5 Å². The summed E-state index contributed by atoms with van der Waals surface area (Å²) in [6, 6.07) is 1.89. The molecule has 2 N–H and O–H groups in total. The zero-order valence-corrected chi connectivity index (χ0v) is 10.6. The number of hydrogen-bond acceptors (Lipinski definition) is 3. The molecule has 90 valence electrons. The average molecular weight is 223 g/mol. The Morgan fingerprint density at radius 3 is 2.69 bits per heavy atom. The van der Waals surface area contributed by atoms with Gasteiger partial charge in [-0.1, -0.05) is 27.7 Å². The highest BCUT2D eigenvalue weighted by Crippen LogP contribution is 2.18. The summed E-state index contributed by atoms with van der Waals surface area (Å²) in [7, 11) is 0. The normalized spacial score (nSPS) is 11.8. The molecule has 1 rings (SSSR count). The summed E-state index contributed by atoms with van der Waals surface area (Å²) in [6.07, 6.45) is 1.06. The second kappa shape index (κ2) is 5.25. The van der Waals surface area contributed by atoms with E-state index in [4.69, 9.17) is 0 Å². The largest absolute Gasteiger partial charge is 0.312 e. The summed E-state index contributed by atoms with van der Waals surface area (Å²) >= 11 is 0. The Balaban J connectivity index is 2.87. The second-order valence-electron chi connectivity index (χ2n) is 5.03. The van der Waals surface area contributed by atoms with Gasteiger partial charge in [-0.05, 0) is 19.0 Å². The molecule has 0 unspecified atom stereocenters. The average Bonchev–Trinajstić information content (AvgIpc) is 2.19. The van der Waals surface area contributed by atoms with Gasteiger partial charge in [-0.2, -0.15) is 5.10 Å². The van der Waals surface area contributed by atoms with E-state index in [0.29, 0.717) is 6.54 Å². The Labute approximate surface area is 96.5 Å². The molecule has 0 aliphatic rings. The maximum absolute atomic E-state index is 11.5. The number of aromatic amines is 1. The minimum absolute atomic E-state index is 0.0380. The lowest BCUT2D eigenvalue weighted by Gasteiger charge is -2.17. The number of hydrogen-bond donors (Lipinski definition) is 2. The minimum atomic E-state index is -0.100. The molecule has 4 heteroatoms. The molecule has 0 saturated carbocycles. The molecule has 16 heavy (non-hydrogen) atoms. The van der Waals surface area contributed by atoms with Gasteiger partial charge in [0.1, 0.15) is 0 Å². The fourth-order valence-electron chi connectivity index (χ4n) is 1.36. The molecular formula is C12H21N3O. The van der Waals surface area contributed by atoms with Crippen LogP contribution in [0.1, 0.15) is 45.4 Å². The molecule has 0 amide bonds. The summed E-state index contributed by atoms with van der Waals surface area (Å²) in [4.78, 5) is 11.5. The van der Waals surface area contributed by atoms with Gasteiger partial charge in [0.15, 0.2) is 0 Å². The van der Waals surface area contributed by atoms with E-state index in [1.807, 2.05) is 6.07 Å². The minimum Gasteiger partial charge on any atom is -0.312 e. The Hall–Kier alpha value is -1.16. The van der Waals surface area contributed by atoms with Gasteiger partial charge in [0, 0.05) is 17.5 Å². The highest BCUT2D eigenvalue weighted by molar-refractivity contribution is 5.18. The van der Waals surface area contributed by atoms with E-state index in [-0.39, 0.29) is 11.0 Å². The zero-order valence-electron chi connectivity index (χ0n) is 10.6. The molecule has 0 aliphatic carbocycles. The van der Waals surface area contributed by atoms with Crippen LogP contribution < -0.4 is 10.9 Å². The van der Waals surface area contributed by atoms with Crippen LogP contribution in [0.15, 0.2) is 10.9 Å². The van der Waals surface area contributed by atoms with Crippen molar-refractivity contribution in [2.45, 2.75) is 46.1 Å². The van der Waals surface area contributed by atoms with Crippen molar-refractivity contribution in [2.24, 2.45) is 0 Å². The third-order valence-corrected chi connectivity index (χ3v) is 2.39. The van der Waals surface area contributed by atoms with Crippen LogP contribution in [0, 0.1) is 0 Å². The van der Waals surface area contributed by atoms with Gasteiger partial charge >= 0.3 is 0 Å². The van der Waals surface area contributed by atoms with Crippen LogP contribution in [-0.4, -0.2) is 16.7 Å². The monoisotopic (exact) mass is 223 g/mol. The van der Waals surface area contributed by atoms with Gasteiger partial charge in [0.25, 0.3) is 5.56 Å². The van der Waals surface area contributed by atoms with E-state index in [1.54, 1.807) is 0 Å². The van der Waals surface area contributed by atoms with Crippen LogP contribution in [0.5, 0.6) is 0 Å². The van der Waals surface area contributed by atoms with E-state index in [2.05, 4.69) is 43.2 Å². The van der Waals surface area contributed by atoms with Crippen LogP contribution in [-0.2, 0) is 12.0 Å². The molecule has 1 heterocycles. The molecule has 0 aliphatic heterocycles. The zero-order chi connectivity index (χ0) is 12.2. The Bertz CT molecular complexity index is 390. The van der Waals surface area contributed by atoms with Gasteiger partial charge in [-0.15, -0.1) is 0 Å². The van der Waals surface area contributed by atoms with Gasteiger partial charge in [0.05, 0.1) is 5.69 Å². The van der Waals surface area contributed by atoms with Gasteiger partial charge in [-0.3, -0.25) is 4.79 Å². The van der Waals surface area contributed by atoms with Crippen LogP contribution in [0.4, 0.5) is 0 Å². The van der Waals surface area contributed by atoms with Crippen molar-refractivity contribution in [1.29, 1.82) is 0 Å². The molecular weight excluding hydrogens is 202 g/mol. The first-order valence-electron chi connectivity index (χ1n) is 5.75. The second-order valence-corrected chi connectivity index (χ2v) is 5.03. The summed E-state index contributed by atoms with van der Waals surface area (Å²) in [5, 5.41) is 9.85. The van der Waals surface area contributed by atoms with Gasteiger partial charge in [-0.25, -0.2) is 5.10 Å². The summed E-state index contributed by atoms with van der Waals surface area (Å²) in [5.74, 6) is 0. The predicted octanol–water partition coefficient (Wildman–Crippen LogP) is 1.57. The molecule has 0 radical (unpaired) electrons. The molecule has 0 spiro atoms. The highest BCUT2D eigenvalue weighted by Gasteiger charge is 2.16. The first kappa shape index (κ1) is 12.9. The third kappa shape index (κ3) is 3.45. The summed E-state index contributed by atoms with van der Waals surface area (Å²) < 4.78 is 0. The molecule has 0 atom stereocenters.